The predicted molar refractivity (Wildman–Crippen MR) is 67.7 cm³/mol. The van der Waals surface area contributed by atoms with E-state index in [0.29, 0.717) is 0 Å². The first-order valence-corrected chi connectivity index (χ1v) is 5.05. The number of hydrogen-bond donors (Lipinski definition) is 1. The summed E-state index contributed by atoms with van der Waals surface area (Å²) in [5.41, 5.74) is 8.26. The lowest BCUT2D eigenvalue weighted by molar-refractivity contribution is 0.714. The van der Waals surface area contributed by atoms with Crippen LogP contribution in [-0.2, 0) is 0 Å². The zero-order chi connectivity index (χ0) is 9.84. The van der Waals surface area contributed by atoms with Gasteiger partial charge in [0.2, 0.25) is 0 Å². The third kappa shape index (κ3) is 3.82. The summed E-state index contributed by atoms with van der Waals surface area (Å²) in [6.45, 7) is 5.85. The van der Waals surface area contributed by atoms with E-state index in [9.17, 15) is 0 Å². The molecule has 0 saturated carbocycles. The van der Waals surface area contributed by atoms with Crippen LogP contribution in [0, 0.1) is 0 Å². The summed E-state index contributed by atoms with van der Waals surface area (Å²) in [6.07, 6.45) is 0.836. The summed E-state index contributed by atoms with van der Waals surface area (Å²) in [5.74, 6) is 0. The molecule has 0 spiro atoms. The van der Waals surface area contributed by atoms with Crippen molar-refractivity contribution in [1.29, 1.82) is 0 Å². The van der Waals surface area contributed by atoms with Crippen molar-refractivity contribution in [1.82, 2.24) is 0 Å². The highest BCUT2D eigenvalue weighted by molar-refractivity contribution is 9.10. The van der Waals surface area contributed by atoms with Gasteiger partial charge < -0.3 is 5.73 Å². The monoisotopic (exact) mass is 275 g/mol. The van der Waals surface area contributed by atoms with Gasteiger partial charge in [-0.15, -0.1) is 19.0 Å². The lowest BCUT2D eigenvalue weighted by Crippen LogP contribution is -2.10. The molecule has 0 aromatic heterocycles. The lowest BCUT2D eigenvalue weighted by Gasteiger charge is -2.13. The van der Waals surface area contributed by atoms with Gasteiger partial charge in [0, 0.05) is 10.5 Å². The first-order valence-electron chi connectivity index (χ1n) is 4.25. The minimum atomic E-state index is 0. The van der Waals surface area contributed by atoms with Crippen LogP contribution in [0.4, 0.5) is 0 Å². The molecule has 0 heterocycles. The quantitative estimate of drug-likeness (QED) is 0.834. The summed E-state index contributed by atoms with van der Waals surface area (Å²) < 4.78 is 1.07. The Morgan fingerprint density at radius 3 is 2.57 bits per heavy atom. The first kappa shape index (κ1) is 13.7. The van der Waals surface area contributed by atoms with E-state index in [1.54, 1.807) is 0 Å². The molecular formula is C11H15BrClN. The topological polar surface area (TPSA) is 26.0 Å². The van der Waals surface area contributed by atoms with Crippen molar-refractivity contribution < 1.29 is 0 Å². The molecule has 0 aliphatic heterocycles. The van der Waals surface area contributed by atoms with Gasteiger partial charge in [-0.25, -0.2) is 0 Å². The highest BCUT2D eigenvalue weighted by Gasteiger charge is 2.08. The van der Waals surface area contributed by atoms with E-state index in [2.05, 4.69) is 22.5 Å². The van der Waals surface area contributed by atoms with Crippen molar-refractivity contribution in [3.8, 4) is 0 Å². The Kier molecular flexibility index (Phi) is 6.09. The first-order chi connectivity index (χ1) is 6.11. The molecule has 1 aromatic rings. The SMILES string of the molecule is C=C(C)C[C@@H](N)c1ccccc1Br.Cl. The van der Waals surface area contributed by atoms with Crippen LogP contribution in [0.25, 0.3) is 0 Å². The van der Waals surface area contributed by atoms with Crippen LogP contribution in [0.2, 0.25) is 0 Å². The van der Waals surface area contributed by atoms with Crippen LogP contribution in [0.5, 0.6) is 0 Å². The Morgan fingerprint density at radius 2 is 2.07 bits per heavy atom. The minimum absolute atomic E-state index is 0. The van der Waals surface area contributed by atoms with E-state index in [4.69, 9.17) is 5.73 Å². The summed E-state index contributed by atoms with van der Waals surface area (Å²) in [7, 11) is 0. The van der Waals surface area contributed by atoms with Crippen molar-refractivity contribution >= 4 is 28.3 Å². The Labute approximate surface area is 99.9 Å². The van der Waals surface area contributed by atoms with Crippen molar-refractivity contribution in [2.45, 2.75) is 19.4 Å². The van der Waals surface area contributed by atoms with Gasteiger partial charge in [-0.1, -0.05) is 39.7 Å². The molecule has 0 aliphatic rings. The second-order valence-electron chi connectivity index (χ2n) is 3.29. The fourth-order valence-corrected chi connectivity index (χ4v) is 1.84. The fourth-order valence-electron chi connectivity index (χ4n) is 1.26. The molecule has 3 heteroatoms. The van der Waals surface area contributed by atoms with Crippen LogP contribution in [0.3, 0.4) is 0 Å². The Hall–Kier alpha value is -0.310. The molecule has 0 bridgehead atoms. The van der Waals surface area contributed by atoms with Crippen LogP contribution in [0.1, 0.15) is 24.9 Å². The summed E-state index contributed by atoms with van der Waals surface area (Å²) in [6, 6.07) is 8.08. The molecule has 0 unspecified atom stereocenters. The van der Waals surface area contributed by atoms with Crippen LogP contribution in [-0.4, -0.2) is 0 Å². The maximum absolute atomic E-state index is 6.01. The minimum Gasteiger partial charge on any atom is -0.324 e. The Morgan fingerprint density at radius 1 is 1.50 bits per heavy atom. The molecular weight excluding hydrogens is 261 g/mol. The van der Waals surface area contributed by atoms with E-state index < -0.39 is 0 Å². The van der Waals surface area contributed by atoms with Crippen molar-refractivity contribution in [2.24, 2.45) is 5.73 Å². The molecule has 0 fully saturated rings. The average Bonchev–Trinajstić information content (AvgIpc) is 2.03. The molecule has 0 radical (unpaired) electrons. The van der Waals surface area contributed by atoms with Gasteiger partial charge in [0.25, 0.3) is 0 Å². The fraction of sp³-hybridized carbons (Fsp3) is 0.273. The Balaban J connectivity index is 0.00000169. The lowest BCUT2D eigenvalue weighted by atomic mass is 10.0. The zero-order valence-corrected chi connectivity index (χ0v) is 10.6. The van der Waals surface area contributed by atoms with Gasteiger partial charge in [-0.05, 0) is 25.0 Å². The molecule has 1 rings (SSSR count). The average molecular weight is 277 g/mol. The molecule has 0 aliphatic carbocycles. The van der Waals surface area contributed by atoms with Crippen LogP contribution >= 0.6 is 28.3 Å². The largest absolute Gasteiger partial charge is 0.324 e. The molecule has 1 nitrogen and oxygen atoms in total. The van der Waals surface area contributed by atoms with E-state index in [1.165, 1.54) is 0 Å². The number of hydrogen-bond acceptors (Lipinski definition) is 1. The van der Waals surface area contributed by atoms with E-state index >= 15 is 0 Å². The van der Waals surface area contributed by atoms with Crippen molar-refractivity contribution in [3.05, 3.63) is 46.5 Å². The van der Waals surface area contributed by atoms with E-state index in [-0.39, 0.29) is 18.4 Å². The Bertz CT molecular complexity index is 312. The van der Waals surface area contributed by atoms with Crippen LogP contribution < -0.4 is 5.73 Å². The highest BCUT2D eigenvalue weighted by Crippen LogP contribution is 2.25. The highest BCUT2D eigenvalue weighted by atomic mass is 79.9. The zero-order valence-electron chi connectivity index (χ0n) is 8.16. The maximum Gasteiger partial charge on any atom is 0.0343 e. The number of halogens is 2. The maximum atomic E-state index is 6.01. The van der Waals surface area contributed by atoms with Gasteiger partial charge in [0.1, 0.15) is 0 Å². The van der Waals surface area contributed by atoms with Crippen molar-refractivity contribution in [3.63, 3.8) is 0 Å². The van der Waals surface area contributed by atoms with Gasteiger partial charge in [0.05, 0.1) is 0 Å². The molecule has 2 N–H and O–H groups in total. The summed E-state index contributed by atoms with van der Waals surface area (Å²) in [4.78, 5) is 0. The standard InChI is InChI=1S/C11H14BrN.ClH/c1-8(2)7-11(13)9-5-3-4-6-10(9)12;/h3-6,11H,1,7,13H2,2H3;1H/t11-;/m1./s1. The molecule has 14 heavy (non-hydrogen) atoms. The van der Waals surface area contributed by atoms with E-state index in [0.717, 1.165) is 22.0 Å². The number of benzene rings is 1. The molecule has 0 amide bonds. The van der Waals surface area contributed by atoms with Gasteiger partial charge >= 0.3 is 0 Å². The normalized spacial score (nSPS) is 11.6. The molecule has 0 saturated heterocycles. The number of nitrogens with two attached hydrogens (primary N) is 1. The second kappa shape index (κ2) is 6.23. The molecule has 1 aromatic carbocycles. The summed E-state index contributed by atoms with van der Waals surface area (Å²) in [5, 5.41) is 0. The predicted octanol–water partition coefficient (Wildman–Crippen LogP) is 3.84. The van der Waals surface area contributed by atoms with Crippen LogP contribution in [0.15, 0.2) is 40.9 Å². The van der Waals surface area contributed by atoms with E-state index in [1.807, 2.05) is 31.2 Å². The second-order valence-corrected chi connectivity index (χ2v) is 4.14. The molecule has 78 valence electrons. The third-order valence-electron chi connectivity index (χ3n) is 1.87. The smallest absolute Gasteiger partial charge is 0.0343 e. The number of rotatable bonds is 3. The summed E-state index contributed by atoms with van der Waals surface area (Å²) >= 11 is 3.48. The van der Waals surface area contributed by atoms with Gasteiger partial charge in [-0.3, -0.25) is 0 Å². The molecule has 1 atom stereocenters. The van der Waals surface area contributed by atoms with Gasteiger partial charge in [-0.2, -0.15) is 0 Å². The van der Waals surface area contributed by atoms with Gasteiger partial charge in [0.15, 0.2) is 0 Å². The third-order valence-corrected chi connectivity index (χ3v) is 2.60. The van der Waals surface area contributed by atoms with Crippen molar-refractivity contribution in [2.75, 3.05) is 0 Å².